The Kier molecular flexibility index (Phi) is 25.5. The molecule has 0 spiro atoms. The lowest BCUT2D eigenvalue weighted by Gasteiger charge is -2.22. The van der Waals surface area contributed by atoms with E-state index in [4.69, 9.17) is 0 Å². The summed E-state index contributed by atoms with van der Waals surface area (Å²) in [6.07, 6.45) is 30.3. The van der Waals surface area contributed by atoms with Gasteiger partial charge in [-0.1, -0.05) is 150 Å². The minimum atomic E-state index is 0.884. The van der Waals surface area contributed by atoms with Crippen LogP contribution in [0.4, 0.5) is 0 Å². The molecule has 0 saturated carbocycles. The SMILES string of the molecule is CCCCCCCCCN(CCCCCCCCC(C)C)CCCCCCCCC(C)C. The van der Waals surface area contributed by atoms with Crippen LogP contribution in [0.2, 0.25) is 0 Å². The van der Waals surface area contributed by atoms with Gasteiger partial charge in [-0.25, -0.2) is 0 Å². The Hall–Kier alpha value is -0.0400. The molecule has 0 aliphatic heterocycles. The van der Waals surface area contributed by atoms with E-state index in [9.17, 15) is 0 Å². The van der Waals surface area contributed by atoms with Gasteiger partial charge in [0, 0.05) is 0 Å². The lowest BCUT2D eigenvalue weighted by atomic mass is 10.0. The van der Waals surface area contributed by atoms with Gasteiger partial charge in [-0.2, -0.15) is 0 Å². The Morgan fingerprint density at radius 2 is 0.656 bits per heavy atom. The average Bonchev–Trinajstić information content (AvgIpc) is 2.75. The molecule has 0 aromatic rings. The second-order valence-corrected chi connectivity index (χ2v) is 11.6. The van der Waals surface area contributed by atoms with Crippen molar-refractivity contribution >= 4 is 0 Å². The van der Waals surface area contributed by atoms with Gasteiger partial charge in [-0.05, 0) is 50.7 Å². The predicted molar refractivity (Wildman–Crippen MR) is 149 cm³/mol. The van der Waals surface area contributed by atoms with E-state index >= 15 is 0 Å². The maximum absolute atomic E-state index is 2.82. The molecule has 0 aliphatic rings. The number of rotatable bonds is 26. The van der Waals surface area contributed by atoms with Crippen molar-refractivity contribution in [2.75, 3.05) is 19.6 Å². The Labute approximate surface area is 205 Å². The van der Waals surface area contributed by atoms with Crippen LogP contribution in [0.15, 0.2) is 0 Å². The smallest absolute Gasteiger partial charge is 0.00187 e. The van der Waals surface area contributed by atoms with E-state index in [1.165, 1.54) is 154 Å². The third-order valence-electron chi connectivity index (χ3n) is 7.09. The molecule has 0 radical (unpaired) electrons. The van der Waals surface area contributed by atoms with Crippen LogP contribution >= 0.6 is 0 Å². The van der Waals surface area contributed by atoms with Crippen LogP contribution in [-0.4, -0.2) is 24.5 Å². The zero-order valence-corrected chi connectivity index (χ0v) is 23.6. The summed E-state index contributed by atoms with van der Waals surface area (Å²) in [5.74, 6) is 1.77. The zero-order valence-electron chi connectivity index (χ0n) is 23.6. The zero-order chi connectivity index (χ0) is 23.7. The van der Waals surface area contributed by atoms with Crippen molar-refractivity contribution in [3.63, 3.8) is 0 Å². The average molecular weight is 452 g/mol. The molecule has 0 aliphatic carbocycles. The van der Waals surface area contributed by atoms with Crippen molar-refractivity contribution in [3.8, 4) is 0 Å². The molecular formula is C31H65N. The van der Waals surface area contributed by atoms with Crippen molar-refractivity contribution in [1.82, 2.24) is 4.90 Å². The lowest BCUT2D eigenvalue weighted by molar-refractivity contribution is 0.254. The predicted octanol–water partition coefficient (Wildman–Crippen LogP) is 10.8. The number of hydrogen-bond donors (Lipinski definition) is 0. The third-order valence-corrected chi connectivity index (χ3v) is 7.09. The first-order chi connectivity index (χ1) is 15.6. The standard InChI is InChI=1S/C31H65N/c1-6-7-8-9-12-17-22-27-32(28-23-18-13-10-15-20-25-30(2)3)29-24-19-14-11-16-21-26-31(4)5/h30-31H,6-29H2,1-5H3. The van der Waals surface area contributed by atoms with Crippen LogP contribution in [0.1, 0.15) is 169 Å². The number of hydrogen-bond acceptors (Lipinski definition) is 1. The second kappa shape index (κ2) is 25.6. The minimum absolute atomic E-state index is 0.884. The normalized spacial score (nSPS) is 12.0. The Morgan fingerprint density at radius 1 is 0.375 bits per heavy atom. The van der Waals surface area contributed by atoms with E-state index in [0.717, 1.165) is 11.8 Å². The molecule has 0 bridgehead atoms. The van der Waals surface area contributed by atoms with E-state index in [1.54, 1.807) is 0 Å². The Balaban J connectivity index is 3.86. The van der Waals surface area contributed by atoms with Crippen molar-refractivity contribution in [1.29, 1.82) is 0 Å². The van der Waals surface area contributed by atoms with Crippen molar-refractivity contribution in [2.24, 2.45) is 11.8 Å². The third kappa shape index (κ3) is 26.2. The van der Waals surface area contributed by atoms with E-state index in [-0.39, 0.29) is 0 Å². The van der Waals surface area contributed by atoms with Crippen LogP contribution in [0.25, 0.3) is 0 Å². The van der Waals surface area contributed by atoms with Crippen LogP contribution in [0.5, 0.6) is 0 Å². The van der Waals surface area contributed by atoms with Crippen molar-refractivity contribution < 1.29 is 0 Å². The van der Waals surface area contributed by atoms with Gasteiger partial charge in [0.15, 0.2) is 0 Å². The fourth-order valence-corrected chi connectivity index (χ4v) is 4.82. The highest BCUT2D eigenvalue weighted by molar-refractivity contribution is 4.61. The molecule has 1 heteroatoms. The van der Waals surface area contributed by atoms with Gasteiger partial charge in [0.25, 0.3) is 0 Å². The van der Waals surface area contributed by atoms with Gasteiger partial charge in [0.05, 0.1) is 0 Å². The first-order valence-electron chi connectivity index (χ1n) is 15.3. The fourth-order valence-electron chi connectivity index (χ4n) is 4.82. The molecule has 1 nitrogen and oxygen atoms in total. The first kappa shape index (κ1) is 32.0. The highest BCUT2D eigenvalue weighted by atomic mass is 15.1. The molecule has 0 unspecified atom stereocenters. The van der Waals surface area contributed by atoms with Crippen LogP contribution in [0, 0.1) is 11.8 Å². The molecule has 0 saturated heterocycles. The van der Waals surface area contributed by atoms with E-state index < -0.39 is 0 Å². The molecule has 0 N–H and O–H groups in total. The highest BCUT2D eigenvalue weighted by Crippen LogP contribution is 2.14. The van der Waals surface area contributed by atoms with Gasteiger partial charge in [0.2, 0.25) is 0 Å². The summed E-state index contributed by atoms with van der Waals surface area (Å²) in [4.78, 5) is 2.82. The molecule has 0 fully saturated rings. The summed E-state index contributed by atoms with van der Waals surface area (Å²) in [7, 11) is 0. The molecule has 194 valence electrons. The van der Waals surface area contributed by atoms with Gasteiger partial charge in [0.1, 0.15) is 0 Å². The molecule has 0 aromatic carbocycles. The van der Waals surface area contributed by atoms with Gasteiger partial charge in [-0.15, -0.1) is 0 Å². The van der Waals surface area contributed by atoms with Crippen LogP contribution < -0.4 is 0 Å². The Bertz CT molecular complexity index is 311. The minimum Gasteiger partial charge on any atom is -0.303 e. The molecule has 0 rings (SSSR count). The fraction of sp³-hybridized carbons (Fsp3) is 1.00. The molecule has 0 amide bonds. The topological polar surface area (TPSA) is 3.24 Å². The van der Waals surface area contributed by atoms with Crippen molar-refractivity contribution in [3.05, 3.63) is 0 Å². The largest absolute Gasteiger partial charge is 0.303 e. The highest BCUT2D eigenvalue weighted by Gasteiger charge is 2.05. The summed E-state index contributed by atoms with van der Waals surface area (Å²) in [6, 6.07) is 0. The lowest BCUT2D eigenvalue weighted by Crippen LogP contribution is -2.27. The van der Waals surface area contributed by atoms with Gasteiger partial charge < -0.3 is 4.90 Å². The van der Waals surface area contributed by atoms with Crippen LogP contribution in [0.3, 0.4) is 0 Å². The Morgan fingerprint density at radius 3 is 0.969 bits per heavy atom. The number of unbranched alkanes of at least 4 members (excludes halogenated alkanes) is 16. The van der Waals surface area contributed by atoms with Crippen molar-refractivity contribution in [2.45, 2.75) is 169 Å². The molecule has 0 heterocycles. The summed E-state index contributed by atoms with van der Waals surface area (Å²) >= 11 is 0. The quantitative estimate of drug-likeness (QED) is 0.118. The first-order valence-corrected chi connectivity index (χ1v) is 15.3. The molecular weight excluding hydrogens is 386 g/mol. The van der Waals surface area contributed by atoms with E-state index in [0.29, 0.717) is 0 Å². The molecule has 0 atom stereocenters. The summed E-state index contributed by atoms with van der Waals surface area (Å²) in [5.41, 5.74) is 0. The van der Waals surface area contributed by atoms with Crippen LogP contribution in [-0.2, 0) is 0 Å². The molecule has 0 aromatic heterocycles. The summed E-state index contributed by atoms with van der Waals surface area (Å²) in [6.45, 7) is 15.8. The summed E-state index contributed by atoms with van der Waals surface area (Å²) in [5, 5.41) is 0. The molecule has 32 heavy (non-hydrogen) atoms. The van der Waals surface area contributed by atoms with Gasteiger partial charge in [-0.3, -0.25) is 0 Å². The maximum atomic E-state index is 2.82. The van der Waals surface area contributed by atoms with E-state index in [2.05, 4.69) is 39.5 Å². The maximum Gasteiger partial charge on any atom is -0.00187 e. The summed E-state index contributed by atoms with van der Waals surface area (Å²) < 4.78 is 0. The van der Waals surface area contributed by atoms with Gasteiger partial charge >= 0.3 is 0 Å². The monoisotopic (exact) mass is 452 g/mol. The second-order valence-electron chi connectivity index (χ2n) is 11.6. The van der Waals surface area contributed by atoms with E-state index in [1.807, 2.05) is 0 Å². The number of nitrogens with zero attached hydrogens (tertiary/aromatic N) is 1.